The third-order valence-corrected chi connectivity index (χ3v) is 3.86. The number of hydrogen-bond acceptors (Lipinski definition) is 3. The van der Waals surface area contributed by atoms with E-state index in [4.69, 9.17) is 0 Å². The minimum atomic E-state index is 0.130. The van der Waals surface area contributed by atoms with Crippen molar-refractivity contribution >= 4 is 5.91 Å². The highest BCUT2D eigenvalue weighted by atomic mass is 16.1. The SMILES string of the molecule is CC1(CNC(=O)CCc2ccccn2)CCNCC1. The molecule has 0 spiro atoms. The zero-order valence-electron chi connectivity index (χ0n) is 11.6. The molecular formula is C15H23N3O. The van der Waals surface area contributed by atoms with Crippen LogP contribution in [0.4, 0.5) is 0 Å². The monoisotopic (exact) mass is 261 g/mol. The van der Waals surface area contributed by atoms with Crippen LogP contribution in [-0.2, 0) is 11.2 Å². The minimum absolute atomic E-state index is 0.130. The summed E-state index contributed by atoms with van der Waals surface area (Å²) < 4.78 is 0. The third kappa shape index (κ3) is 4.63. The molecular weight excluding hydrogens is 238 g/mol. The molecule has 1 aliphatic heterocycles. The van der Waals surface area contributed by atoms with Crippen LogP contribution >= 0.6 is 0 Å². The Hall–Kier alpha value is -1.42. The Bertz CT molecular complexity index is 399. The number of pyridine rings is 1. The van der Waals surface area contributed by atoms with E-state index in [0.717, 1.165) is 38.2 Å². The van der Waals surface area contributed by atoms with Crippen LogP contribution in [-0.4, -0.2) is 30.5 Å². The van der Waals surface area contributed by atoms with Gasteiger partial charge < -0.3 is 10.6 Å². The molecule has 0 saturated carbocycles. The largest absolute Gasteiger partial charge is 0.356 e. The average molecular weight is 261 g/mol. The van der Waals surface area contributed by atoms with Crippen molar-refractivity contribution in [3.05, 3.63) is 30.1 Å². The van der Waals surface area contributed by atoms with Crippen LogP contribution in [0.3, 0.4) is 0 Å². The maximum Gasteiger partial charge on any atom is 0.220 e. The second kappa shape index (κ2) is 6.66. The molecule has 19 heavy (non-hydrogen) atoms. The van der Waals surface area contributed by atoms with Gasteiger partial charge in [-0.3, -0.25) is 9.78 Å². The van der Waals surface area contributed by atoms with Gasteiger partial charge in [-0.2, -0.15) is 0 Å². The summed E-state index contributed by atoms with van der Waals surface area (Å²) in [6.45, 7) is 5.16. The predicted octanol–water partition coefficient (Wildman–Crippen LogP) is 1.52. The Morgan fingerprint density at radius 1 is 1.42 bits per heavy atom. The molecule has 1 saturated heterocycles. The molecule has 2 heterocycles. The first kappa shape index (κ1) is 14.0. The van der Waals surface area contributed by atoms with E-state index < -0.39 is 0 Å². The second-order valence-electron chi connectivity index (χ2n) is 5.66. The summed E-state index contributed by atoms with van der Waals surface area (Å²) in [5, 5.41) is 6.42. The Balaban J connectivity index is 1.70. The summed E-state index contributed by atoms with van der Waals surface area (Å²) in [4.78, 5) is 16.1. The standard InChI is InChI=1S/C15H23N3O/c1-15(7-10-16-11-8-15)12-18-14(19)6-5-13-4-2-3-9-17-13/h2-4,9,16H,5-8,10-12H2,1H3,(H,18,19). The maximum absolute atomic E-state index is 11.8. The number of piperidine rings is 1. The van der Waals surface area contributed by atoms with Gasteiger partial charge in [-0.15, -0.1) is 0 Å². The van der Waals surface area contributed by atoms with E-state index in [1.165, 1.54) is 0 Å². The van der Waals surface area contributed by atoms with Crippen LogP contribution < -0.4 is 10.6 Å². The molecule has 1 aromatic rings. The predicted molar refractivity (Wildman–Crippen MR) is 75.8 cm³/mol. The number of nitrogens with zero attached hydrogens (tertiary/aromatic N) is 1. The number of carbonyl (C=O) groups is 1. The molecule has 1 amide bonds. The molecule has 2 N–H and O–H groups in total. The fourth-order valence-electron chi connectivity index (χ4n) is 2.40. The smallest absolute Gasteiger partial charge is 0.220 e. The van der Waals surface area contributed by atoms with E-state index in [-0.39, 0.29) is 11.3 Å². The van der Waals surface area contributed by atoms with Gasteiger partial charge in [0.25, 0.3) is 0 Å². The molecule has 0 aromatic carbocycles. The Morgan fingerprint density at radius 2 is 2.21 bits per heavy atom. The quantitative estimate of drug-likeness (QED) is 0.845. The second-order valence-corrected chi connectivity index (χ2v) is 5.66. The van der Waals surface area contributed by atoms with Gasteiger partial charge in [0.15, 0.2) is 0 Å². The highest BCUT2D eigenvalue weighted by Gasteiger charge is 2.26. The van der Waals surface area contributed by atoms with Crippen LogP contribution in [0.15, 0.2) is 24.4 Å². The lowest BCUT2D eigenvalue weighted by atomic mass is 9.81. The molecule has 4 heteroatoms. The maximum atomic E-state index is 11.8. The summed E-state index contributed by atoms with van der Waals surface area (Å²) in [7, 11) is 0. The number of amides is 1. The number of aryl methyl sites for hydroxylation is 1. The van der Waals surface area contributed by atoms with Crippen LogP contribution in [0.2, 0.25) is 0 Å². The first-order valence-electron chi connectivity index (χ1n) is 7.05. The molecule has 0 unspecified atom stereocenters. The zero-order valence-corrected chi connectivity index (χ0v) is 11.6. The summed E-state index contributed by atoms with van der Waals surface area (Å²) in [6, 6.07) is 5.80. The number of carbonyl (C=O) groups excluding carboxylic acids is 1. The van der Waals surface area contributed by atoms with Crippen molar-refractivity contribution in [3.8, 4) is 0 Å². The van der Waals surface area contributed by atoms with Gasteiger partial charge in [-0.25, -0.2) is 0 Å². The molecule has 0 atom stereocenters. The molecule has 1 fully saturated rings. The number of aromatic nitrogens is 1. The normalized spacial score (nSPS) is 17.9. The lowest BCUT2D eigenvalue weighted by Gasteiger charge is -2.34. The van der Waals surface area contributed by atoms with E-state index in [0.29, 0.717) is 12.8 Å². The van der Waals surface area contributed by atoms with Gasteiger partial charge in [0.2, 0.25) is 5.91 Å². The Labute approximate surface area is 115 Å². The number of hydrogen-bond donors (Lipinski definition) is 2. The van der Waals surface area contributed by atoms with Crippen LogP contribution in [0.5, 0.6) is 0 Å². The van der Waals surface area contributed by atoms with Crippen molar-refractivity contribution < 1.29 is 4.79 Å². The molecule has 1 aliphatic rings. The Morgan fingerprint density at radius 3 is 2.89 bits per heavy atom. The molecule has 104 valence electrons. The van der Waals surface area contributed by atoms with Gasteiger partial charge in [-0.1, -0.05) is 13.0 Å². The lowest BCUT2D eigenvalue weighted by molar-refractivity contribution is -0.121. The third-order valence-electron chi connectivity index (χ3n) is 3.86. The summed E-state index contributed by atoms with van der Waals surface area (Å²) in [5.41, 5.74) is 1.23. The van der Waals surface area contributed by atoms with Gasteiger partial charge in [0.1, 0.15) is 0 Å². The minimum Gasteiger partial charge on any atom is -0.356 e. The lowest BCUT2D eigenvalue weighted by Crippen LogP contribution is -2.42. The topological polar surface area (TPSA) is 54.0 Å². The van der Waals surface area contributed by atoms with Gasteiger partial charge in [0, 0.05) is 24.9 Å². The fraction of sp³-hybridized carbons (Fsp3) is 0.600. The van der Waals surface area contributed by atoms with E-state index in [2.05, 4.69) is 22.5 Å². The molecule has 0 aliphatic carbocycles. The Kier molecular flexibility index (Phi) is 4.91. The van der Waals surface area contributed by atoms with Gasteiger partial charge in [-0.05, 0) is 49.9 Å². The average Bonchev–Trinajstić information content (AvgIpc) is 2.45. The zero-order chi connectivity index (χ0) is 13.6. The van der Waals surface area contributed by atoms with E-state index in [9.17, 15) is 4.79 Å². The van der Waals surface area contributed by atoms with Gasteiger partial charge in [0.05, 0.1) is 0 Å². The first-order valence-corrected chi connectivity index (χ1v) is 7.05. The van der Waals surface area contributed by atoms with Crippen molar-refractivity contribution in [2.24, 2.45) is 5.41 Å². The van der Waals surface area contributed by atoms with Crippen molar-refractivity contribution in [2.75, 3.05) is 19.6 Å². The summed E-state index contributed by atoms with van der Waals surface area (Å²) in [6.07, 6.45) is 5.26. The van der Waals surface area contributed by atoms with Crippen molar-refractivity contribution in [3.63, 3.8) is 0 Å². The van der Waals surface area contributed by atoms with E-state index in [1.54, 1.807) is 6.20 Å². The van der Waals surface area contributed by atoms with Crippen LogP contribution in [0, 0.1) is 5.41 Å². The molecule has 1 aromatic heterocycles. The van der Waals surface area contributed by atoms with Gasteiger partial charge >= 0.3 is 0 Å². The molecule has 0 radical (unpaired) electrons. The van der Waals surface area contributed by atoms with Crippen LogP contribution in [0.1, 0.15) is 31.9 Å². The molecule has 2 rings (SSSR count). The fourth-order valence-corrected chi connectivity index (χ4v) is 2.40. The number of nitrogens with one attached hydrogen (secondary N) is 2. The van der Waals surface area contributed by atoms with Crippen molar-refractivity contribution in [2.45, 2.75) is 32.6 Å². The highest BCUT2D eigenvalue weighted by Crippen LogP contribution is 2.26. The summed E-state index contributed by atoms with van der Waals surface area (Å²) in [5.74, 6) is 0.130. The van der Waals surface area contributed by atoms with Crippen molar-refractivity contribution in [1.29, 1.82) is 0 Å². The number of rotatable bonds is 5. The van der Waals surface area contributed by atoms with E-state index >= 15 is 0 Å². The highest BCUT2D eigenvalue weighted by molar-refractivity contribution is 5.76. The van der Waals surface area contributed by atoms with Crippen LogP contribution in [0.25, 0.3) is 0 Å². The molecule has 4 nitrogen and oxygen atoms in total. The van der Waals surface area contributed by atoms with Crippen molar-refractivity contribution in [1.82, 2.24) is 15.6 Å². The first-order chi connectivity index (χ1) is 9.18. The molecule has 0 bridgehead atoms. The summed E-state index contributed by atoms with van der Waals surface area (Å²) >= 11 is 0. The van der Waals surface area contributed by atoms with E-state index in [1.807, 2.05) is 18.2 Å².